The number of aryl methyl sites for hydroxylation is 1. The van der Waals surface area contributed by atoms with Gasteiger partial charge in [-0.2, -0.15) is 5.10 Å². The fourth-order valence-electron chi connectivity index (χ4n) is 4.74. The van der Waals surface area contributed by atoms with Gasteiger partial charge in [-0.25, -0.2) is 5.01 Å². The van der Waals surface area contributed by atoms with Gasteiger partial charge < -0.3 is 14.8 Å². The third-order valence-corrected chi connectivity index (χ3v) is 7.57. The van der Waals surface area contributed by atoms with Gasteiger partial charge in [-0.15, -0.1) is 9.24 Å². The summed E-state index contributed by atoms with van der Waals surface area (Å²) >= 11 is 0. The molecule has 0 aliphatic carbocycles. The smallest absolute Gasteiger partial charge is 0.248 e. The molecular formula is C27H36N3O3P. The molecule has 2 aliphatic heterocycles. The van der Waals surface area contributed by atoms with Crippen molar-refractivity contribution in [2.75, 3.05) is 31.9 Å². The number of carbonyl (C=O) groups is 1. The highest BCUT2D eigenvalue weighted by atomic mass is 31.0. The van der Waals surface area contributed by atoms with Crippen molar-refractivity contribution in [2.45, 2.75) is 51.2 Å². The van der Waals surface area contributed by atoms with Crippen molar-refractivity contribution in [2.24, 2.45) is 11.0 Å². The number of ether oxygens (including phenoxy) is 2. The molecule has 1 amide bonds. The molecule has 3 unspecified atom stereocenters. The second kappa shape index (κ2) is 10.2. The van der Waals surface area contributed by atoms with Crippen LogP contribution in [0.3, 0.4) is 0 Å². The van der Waals surface area contributed by atoms with Crippen LogP contribution in [0.15, 0.2) is 53.6 Å². The third kappa shape index (κ3) is 4.64. The first-order valence-electron chi connectivity index (χ1n) is 12.1. The number of nitrogens with zero attached hydrogens (tertiary/aromatic N) is 2. The normalized spacial score (nSPS) is 23.4. The number of methoxy groups -OCH3 is 1. The Morgan fingerprint density at radius 2 is 1.88 bits per heavy atom. The predicted molar refractivity (Wildman–Crippen MR) is 141 cm³/mol. The first kappa shape index (κ1) is 24.8. The summed E-state index contributed by atoms with van der Waals surface area (Å²) in [6, 6.07) is 16.6. The minimum atomic E-state index is -0.876. The lowest BCUT2D eigenvalue weighted by atomic mass is 9.76. The van der Waals surface area contributed by atoms with Gasteiger partial charge in [0.25, 0.3) is 0 Å². The summed E-state index contributed by atoms with van der Waals surface area (Å²) in [6.07, 6.45) is 2.95. The molecule has 0 radical (unpaired) electrons. The van der Waals surface area contributed by atoms with Gasteiger partial charge in [0.2, 0.25) is 5.91 Å². The Morgan fingerprint density at radius 3 is 2.44 bits per heavy atom. The van der Waals surface area contributed by atoms with Gasteiger partial charge >= 0.3 is 0 Å². The van der Waals surface area contributed by atoms with E-state index in [9.17, 15) is 4.79 Å². The number of unbranched alkanes of at least 4 members (excludes halogenated alkanes) is 1. The van der Waals surface area contributed by atoms with E-state index in [1.807, 2.05) is 24.1 Å². The number of carbonyl (C=O) groups excluding carboxylic acids is 1. The lowest BCUT2D eigenvalue weighted by Gasteiger charge is -2.42. The van der Waals surface area contributed by atoms with E-state index in [0.29, 0.717) is 19.8 Å². The lowest BCUT2D eigenvalue weighted by Crippen LogP contribution is -2.63. The number of hydrogen-bond donors (Lipinski definition) is 1. The fourth-order valence-corrected chi connectivity index (χ4v) is 4.93. The van der Waals surface area contributed by atoms with Crippen molar-refractivity contribution in [3.8, 4) is 0 Å². The molecule has 0 aromatic heterocycles. The molecule has 34 heavy (non-hydrogen) atoms. The van der Waals surface area contributed by atoms with Gasteiger partial charge in [-0.1, -0.05) is 61.7 Å². The Labute approximate surface area is 205 Å². The van der Waals surface area contributed by atoms with Crippen LogP contribution in [0.1, 0.15) is 44.2 Å². The number of anilines is 1. The van der Waals surface area contributed by atoms with E-state index in [4.69, 9.17) is 14.6 Å². The lowest BCUT2D eigenvalue weighted by molar-refractivity contribution is -0.193. The molecule has 0 saturated carbocycles. The van der Waals surface area contributed by atoms with Crippen LogP contribution in [0, 0.1) is 12.8 Å². The first-order valence-corrected chi connectivity index (χ1v) is 12.6. The Kier molecular flexibility index (Phi) is 7.42. The Balaban J connectivity index is 1.74. The predicted octanol–water partition coefficient (Wildman–Crippen LogP) is 3.82. The number of hydrazone groups is 1. The van der Waals surface area contributed by atoms with E-state index >= 15 is 0 Å². The maximum atomic E-state index is 14.0. The SMILES string of the molecule is CCCCC1C(c2ccc(P)cc2)=NN(c2ccc(C)cc2)C1(C)C(=O)NCC1(OC)COC1. The van der Waals surface area contributed by atoms with Crippen molar-refractivity contribution in [1.29, 1.82) is 0 Å². The molecule has 6 nitrogen and oxygen atoms in total. The number of rotatable bonds is 9. The first-order chi connectivity index (χ1) is 16.3. The molecule has 7 heteroatoms. The highest BCUT2D eigenvalue weighted by molar-refractivity contribution is 7.27. The maximum Gasteiger partial charge on any atom is 0.248 e. The van der Waals surface area contributed by atoms with E-state index in [1.165, 1.54) is 5.56 Å². The van der Waals surface area contributed by atoms with Crippen LogP contribution in [-0.4, -0.2) is 49.6 Å². The van der Waals surface area contributed by atoms with Crippen molar-refractivity contribution in [3.05, 3.63) is 59.7 Å². The summed E-state index contributed by atoms with van der Waals surface area (Å²) < 4.78 is 11.0. The second-order valence-electron chi connectivity index (χ2n) is 9.66. The Morgan fingerprint density at radius 1 is 1.21 bits per heavy atom. The maximum absolute atomic E-state index is 14.0. The van der Waals surface area contributed by atoms with Crippen molar-refractivity contribution < 1.29 is 14.3 Å². The summed E-state index contributed by atoms with van der Waals surface area (Å²) in [6.45, 7) is 7.67. The number of hydrogen-bond acceptors (Lipinski definition) is 5. The highest BCUT2D eigenvalue weighted by Gasteiger charge is 2.54. The second-order valence-corrected chi connectivity index (χ2v) is 10.3. The van der Waals surface area contributed by atoms with Crippen LogP contribution < -0.4 is 15.6 Å². The monoisotopic (exact) mass is 481 g/mol. The molecule has 2 heterocycles. The van der Waals surface area contributed by atoms with Gasteiger partial charge in [0.05, 0.1) is 31.2 Å². The van der Waals surface area contributed by atoms with Gasteiger partial charge in [0.1, 0.15) is 11.1 Å². The molecule has 1 N–H and O–H groups in total. The zero-order valence-corrected chi connectivity index (χ0v) is 21.8. The van der Waals surface area contributed by atoms with Crippen LogP contribution in [0.25, 0.3) is 0 Å². The molecule has 1 saturated heterocycles. The molecule has 2 aromatic carbocycles. The molecule has 0 spiro atoms. The number of amides is 1. The molecule has 4 rings (SSSR count). The van der Waals surface area contributed by atoms with E-state index in [-0.39, 0.29) is 11.8 Å². The quantitative estimate of drug-likeness (QED) is 0.554. The third-order valence-electron chi connectivity index (χ3n) is 7.18. The van der Waals surface area contributed by atoms with Gasteiger partial charge in [-0.3, -0.25) is 4.79 Å². The molecule has 2 aliphatic rings. The standard InChI is InChI=1S/C27H36N3O3P/c1-5-6-7-23-24(20-10-14-22(34)15-11-20)29-30(21-12-8-19(2)9-13-21)26(23,3)25(31)28-16-27(32-4)17-33-18-27/h8-15,23H,5-7,16-18,34H2,1-4H3,(H,28,31). The molecule has 1 fully saturated rings. The molecule has 2 aromatic rings. The van der Waals surface area contributed by atoms with Crippen LogP contribution >= 0.6 is 9.24 Å². The van der Waals surface area contributed by atoms with Crippen molar-refractivity contribution in [1.82, 2.24) is 5.32 Å². The van der Waals surface area contributed by atoms with E-state index in [2.05, 4.69) is 64.8 Å². The Bertz CT molecular complexity index is 1030. The molecular weight excluding hydrogens is 445 g/mol. The van der Waals surface area contributed by atoms with Crippen LogP contribution in [-0.2, 0) is 14.3 Å². The van der Waals surface area contributed by atoms with Gasteiger partial charge in [-0.05, 0) is 43.3 Å². The number of benzene rings is 2. The summed E-state index contributed by atoms with van der Waals surface area (Å²) in [4.78, 5) is 14.0. The fraction of sp³-hybridized carbons (Fsp3) is 0.481. The minimum Gasteiger partial charge on any atom is -0.375 e. The van der Waals surface area contributed by atoms with Gasteiger partial charge in [0.15, 0.2) is 0 Å². The largest absolute Gasteiger partial charge is 0.375 e. The van der Waals surface area contributed by atoms with Crippen LogP contribution in [0.5, 0.6) is 0 Å². The summed E-state index contributed by atoms with van der Waals surface area (Å²) in [5.74, 6) is -0.0980. The molecule has 0 bridgehead atoms. The minimum absolute atomic E-state index is 0.0427. The van der Waals surface area contributed by atoms with E-state index in [0.717, 1.165) is 41.5 Å². The summed E-state index contributed by atoms with van der Waals surface area (Å²) in [5.41, 5.74) is 2.78. The van der Waals surface area contributed by atoms with Crippen molar-refractivity contribution in [3.63, 3.8) is 0 Å². The zero-order valence-electron chi connectivity index (χ0n) is 20.6. The van der Waals surface area contributed by atoms with E-state index in [1.54, 1.807) is 7.11 Å². The van der Waals surface area contributed by atoms with Crippen LogP contribution in [0.2, 0.25) is 0 Å². The van der Waals surface area contributed by atoms with E-state index < -0.39 is 11.1 Å². The highest BCUT2D eigenvalue weighted by Crippen LogP contribution is 2.42. The van der Waals surface area contributed by atoms with Crippen molar-refractivity contribution >= 4 is 31.9 Å². The topological polar surface area (TPSA) is 63.2 Å². The zero-order chi connectivity index (χ0) is 24.3. The van der Waals surface area contributed by atoms with Crippen LogP contribution in [0.4, 0.5) is 5.69 Å². The summed E-state index contributed by atoms with van der Waals surface area (Å²) in [5, 5.41) is 11.4. The average molecular weight is 482 g/mol. The number of nitrogens with one attached hydrogen (secondary N) is 1. The molecule has 3 atom stereocenters. The summed E-state index contributed by atoms with van der Waals surface area (Å²) in [7, 11) is 4.40. The van der Waals surface area contributed by atoms with Gasteiger partial charge in [0, 0.05) is 13.0 Å². The molecule has 182 valence electrons. The Hall–Kier alpha value is -2.27. The average Bonchev–Trinajstić information content (AvgIpc) is 3.11.